The molecule has 2 N–H and O–H groups in total. The molecule has 84 valence electrons. The second-order valence-electron chi connectivity index (χ2n) is 3.93. The van der Waals surface area contributed by atoms with Crippen molar-refractivity contribution in [3.8, 4) is 0 Å². The highest BCUT2D eigenvalue weighted by Crippen LogP contribution is 2.26. The Morgan fingerprint density at radius 2 is 2.33 bits per heavy atom. The standard InChI is InChI=1S/C9H16N4OS/c1-13-8(11-7-12-13)15-6-9(14)2-4-10-5-3-9/h7,10,14H,2-6H2,1H3. The van der Waals surface area contributed by atoms with Gasteiger partial charge in [-0.2, -0.15) is 5.10 Å². The Balaban J connectivity index is 1.89. The molecule has 0 amide bonds. The third kappa shape index (κ3) is 2.70. The molecule has 1 fully saturated rings. The first-order valence-corrected chi connectivity index (χ1v) is 6.08. The van der Waals surface area contributed by atoms with Crippen LogP contribution in [-0.4, -0.2) is 44.3 Å². The van der Waals surface area contributed by atoms with Crippen LogP contribution in [-0.2, 0) is 7.05 Å². The van der Waals surface area contributed by atoms with E-state index >= 15 is 0 Å². The van der Waals surface area contributed by atoms with Gasteiger partial charge in [0.15, 0.2) is 5.16 Å². The molecule has 0 bridgehead atoms. The summed E-state index contributed by atoms with van der Waals surface area (Å²) in [5.74, 6) is 0.696. The lowest BCUT2D eigenvalue weighted by Crippen LogP contribution is -2.43. The van der Waals surface area contributed by atoms with Gasteiger partial charge in [-0.05, 0) is 25.9 Å². The summed E-state index contributed by atoms with van der Waals surface area (Å²) in [6, 6.07) is 0. The zero-order chi connectivity index (χ0) is 10.7. The van der Waals surface area contributed by atoms with Crippen LogP contribution in [0.2, 0.25) is 0 Å². The van der Waals surface area contributed by atoms with E-state index in [0.717, 1.165) is 31.1 Å². The van der Waals surface area contributed by atoms with Gasteiger partial charge in [-0.25, -0.2) is 9.67 Å². The number of aliphatic hydroxyl groups is 1. The van der Waals surface area contributed by atoms with Crippen LogP contribution in [0.1, 0.15) is 12.8 Å². The van der Waals surface area contributed by atoms with E-state index in [4.69, 9.17) is 0 Å². The molecule has 0 aromatic carbocycles. The average molecular weight is 228 g/mol. The van der Waals surface area contributed by atoms with Gasteiger partial charge in [0.05, 0.1) is 5.60 Å². The number of piperidine rings is 1. The number of nitrogens with zero attached hydrogens (tertiary/aromatic N) is 3. The van der Waals surface area contributed by atoms with E-state index in [0.29, 0.717) is 5.75 Å². The maximum Gasteiger partial charge on any atom is 0.185 e. The molecular formula is C9H16N4OS. The highest BCUT2D eigenvalue weighted by Gasteiger charge is 2.29. The summed E-state index contributed by atoms with van der Waals surface area (Å²) in [7, 11) is 1.86. The minimum Gasteiger partial charge on any atom is -0.389 e. The predicted molar refractivity (Wildman–Crippen MR) is 58.8 cm³/mol. The van der Waals surface area contributed by atoms with Gasteiger partial charge in [-0.15, -0.1) is 0 Å². The zero-order valence-corrected chi connectivity index (χ0v) is 9.63. The van der Waals surface area contributed by atoms with E-state index in [1.54, 1.807) is 16.4 Å². The number of nitrogens with one attached hydrogen (secondary N) is 1. The number of hydrogen-bond donors (Lipinski definition) is 2. The first-order valence-electron chi connectivity index (χ1n) is 5.09. The van der Waals surface area contributed by atoms with Gasteiger partial charge >= 0.3 is 0 Å². The highest BCUT2D eigenvalue weighted by molar-refractivity contribution is 7.99. The third-order valence-electron chi connectivity index (χ3n) is 2.67. The van der Waals surface area contributed by atoms with Gasteiger partial charge in [-0.1, -0.05) is 11.8 Å². The molecule has 1 aromatic rings. The number of hydrogen-bond acceptors (Lipinski definition) is 5. The molecule has 0 radical (unpaired) electrons. The molecule has 2 heterocycles. The van der Waals surface area contributed by atoms with Gasteiger partial charge in [0.25, 0.3) is 0 Å². The number of rotatable bonds is 3. The summed E-state index contributed by atoms with van der Waals surface area (Å²) in [6.07, 6.45) is 3.17. The molecule has 0 aliphatic carbocycles. The summed E-state index contributed by atoms with van der Waals surface area (Å²) in [5.41, 5.74) is -0.540. The van der Waals surface area contributed by atoms with Crippen LogP contribution in [0.25, 0.3) is 0 Å². The maximum atomic E-state index is 10.2. The molecule has 1 aromatic heterocycles. The van der Waals surface area contributed by atoms with E-state index in [9.17, 15) is 5.11 Å². The summed E-state index contributed by atoms with van der Waals surface area (Å²) in [6.45, 7) is 1.80. The fourth-order valence-corrected chi connectivity index (χ4v) is 2.69. The van der Waals surface area contributed by atoms with Gasteiger partial charge < -0.3 is 10.4 Å². The zero-order valence-electron chi connectivity index (χ0n) is 8.81. The molecule has 0 saturated carbocycles. The number of aromatic nitrogens is 3. The highest BCUT2D eigenvalue weighted by atomic mass is 32.2. The monoisotopic (exact) mass is 228 g/mol. The SMILES string of the molecule is Cn1ncnc1SCC1(O)CCNCC1. The maximum absolute atomic E-state index is 10.2. The van der Waals surface area contributed by atoms with Crippen LogP contribution in [0.15, 0.2) is 11.5 Å². The molecule has 5 nitrogen and oxygen atoms in total. The second kappa shape index (κ2) is 4.51. The Bertz CT molecular complexity index is 322. The summed E-state index contributed by atoms with van der Waals surface area (Å²) >= 11 is 1.57. The van der Waals surface area contributed by atoms with Crippen molar-refractivity contribution < 1.29 is 5.11 Å². The van der Waals surface area contributed by atoms with Gasteiger partial charge in [0.2, 0.25) is 0 Å². The van der Waals surface area contributed by atoms with Crippen LogP contribution >= 0.6 is 11.8 Å². The van der Waals surface area contributed by atoms with E-state index < -0.39 is 5.60 Å². The number of aryl methyl sites for hydroxylation is 1. The molecule has 6 heteroatoms. The molecule has 1 aliphatic rings. The lowest BCUT2D eigenvalue weighted by atomic mass is 9.95. The second-order valence-corrected chi connectivity index (χ2v) is 4.87. The van der Waals surface area contributed by atoms with Crippen molar-refractivity contribution in [2.45, 2.75) is 23.6 Å². The molecule has 1 aliphatic heterocycles. The van der Waals surface area contributed by atoms with E-state index in [-0.39, 0.29) is 0 Å². The normalized spacial score (nSPS) is 20.4. The van der Waals surface area contributed by atoms with Crippen LogP contribution < -0.4 is 5.32 Å². The molecule has 2 rings (SSSR count). The topological polar surface area (TPSA) is 63.0 Å². The van der Waals surface area contributed by atoms with Crippen LogP contribution in [0.5, 0.6) is 0 Å². The van der Waals surface area contributed by atoms with Gasteiger partial charge in [-0.3, -0.25) is 0 Å². The van der Waals surface area contributed by atoms with Crippen molar-refractivity contribution in [1.29, 1.82) is 0 Å². The van der Waals surface area contributed by atoms with Crippen molar-refractivity contribution in [2.24, 2.45) is 7.05 Å². The molecule has 15 heavy (non-hydrogen) atoms. The quantitative estimate of drug-likeness (QED) is 0.714. The third-order valence-corrected chi connectivity index (χ3v) is 3.98. The van der Waals surface area contributed by atoms with Crippen LogP contribution in [0, 0.1) is 0 Å². The Morgan fingerprint density at radius 3 is 2.93 bits per heavy atom. The lowest BCUT2D eigenvalue weighted by molar-refractivity contribution is 0.0338. The Hall–Kier alpha value is -0.590. The minimum atomic E-state index is -0.540. The van der Waals surface area contributed by atoms with E-state index in [1.807, 2.05) is 7.05 Å². The summed E-state index contributed by atoms with van der Waals surface area (Å²) in [5, 5.41) is 18.3. The van der Waals surface area contributed by atoms with Crippen molar-refractivity contribution in [3.63, 3.8) is 0 Å². The molecule has 0 unspecified atom stereocenters. The fourth-order valence-electron chi connectivity index (χ4n) is 1.65. The minimum absolute atomic E-state index is 0.540. The number of thioether (sulfide) groups is 1. The Morgan fingerprint density at radius 1 is 1.60 bits per heavy atom. The van der Waals surface area contributed by atoms with Crippen molar-refractivity contribution >= 4 is 11.8 Å². The fraction of sp³-hybridized carbons (Fsp3) is 0.778. The van der Waals surface area contributed by atoms with Crippen molar-refractivity contribution in [1.82, 2.24) is 20.1 Å². The van der Waals surface area contributed by atoms with E-state index in [2.05, 4.69) is 15.4 Å². The Kier molecular flexibility index (Phi) is 3.28. The van der Waals surface area contributed by atoms with Gasteiger partial charge in [0, 0.05) is 12.8 Å². The largest absolute Gasteiger partial charge is 0.389 e. The molecule has 1 saturated heterocycles. The lowest BCUT2D eigenvalue weighted by Gasteiger charge is -2.31. The molecular weight excluding hydrogens is 212 g/mol. The predicted octanol–water partition coefficient (Wildman–Crippen LogP) is 0.0217. The smallest absolute Gasteiger partial charge is 0.185 e. The van der Waals surface area contributed by atoms with Crippen molar-refractivity contribution in [2.75, 3.05) is 18.8 Å². The average Bonchev–Trinajstić information content (AvgIpc) is 2.62. The summed E-state index contributed by atoms with van der Waals surface area (Å²) in [4.78, 5) is 4.12. The van der Waals surface area contributed by atoms with Gasteiger partial charge in [0.1, 0.15) is 6.33 Å². The van der Waals surface area contributed by atoms with Crippen molar-refractivity contribution in [3.05, 3.63) is 6.33 Å². The Labute approximate surface area is 93.3 Å². The molecule has 0 atom stereocenters. The van der Waals surface area contributed by atoms with Crippen LogP contribution in [0.3, 0.4) is 0 Å². The first-order chi connectivity index (χ1) is 7.20. The van der Waals surface area contributed by atoms with E-state index in [1.165, 1.54) is 6.33 Å². The molecule has 0 spiro atoms. The van der Waals surface area contributed by atoms with Crippen LogP contribution in [0.4, 0.5) is 0 Å². The first kappa shape index (κ1) is 10.9. The summed E-state index contributed by atoms with van der Waals surface area (Å²) < 4.78 is 1.73.